The Morgan fingerprint density at radius 2 is 2.15 bits per heavy atom. The number of oxazole rings is 1. The summed E-state index contributed by atoms with van der Waals surface area (Å²) in [5.41, 5.74) is 2.15. The normalized spacial score (nSPS) is 12.8. The maximum atomic E-state index is 11.7. The van der Waals surface area contributed by atoms with Gasteiger partial charge in [-0.1, -0.05) is 13.8 Å². The van der Waals surface area contributed by atoms with Gasteiger partial charge in [-0.05, 0) is 31.5 Å². The minimum Gasteiger partial charge on any atom is -0.440 e. The number of amides is 1. The maximum absolute atomic E-state index is 11.7. The van der Waals surface area contributed by atoms with E-state index in [9.17, 15) is 4.79 Å². The molecule has 0 radical (unpaired) electrons. The lowest BCUT2D eigenvalue weighted by Gasteiger charge is -2.06. The number of hydrogen-bond donors (Lipinski definition) is 2. The smallest absolute Gasteiger partial charge is 0.224 e. The van der Waals surface area contributed by atoms with Gasteiger partial charge in [-0.25, -0.2) is 4.98 Å². The molecule has 0 aliphatic rings. The van der Waals surface area contributed by atoms with E-state index >= 15 is 0 Å². The first-order valence-corrected chi connectivity index (χ1v) is 6.84. The summed E-state index contributed by atoms with van der Waals surface area (Å²) in [6.07, 6.45) is 0.286. The molecule has 2 aromatic rings. The summed E-state index contributed by atoms with van der Waals surface area (Å²) in [6, 6.07) is 5.39. The van der Waals surface area contributed by atoms with Crippen molar-refractivity contribution in [3.8, 4) is 0 Å². The van der Waals surface area contributed by atoms with Crippen LogP contribution in [0.4, 0.5) is 5.69 Å². The Morgan fingerprint density at radius 3 is 2.80 bits per heavy atom. The van der Waals surface area contributed by atoms with Gasteiger partial charge in [0.25, 0.3) is 0 Å². The lowest BCUT2D eigenvalue weighted by molar-refractivity contribution is -0.116. The molecule has 1 atom stereocenters. The zero-order chi connectivity index (χ0) is 14.7. The van der Waals surface area contributed by atoms with Gasteiger partial charge in [0.2, 0.25) is 5.91 Å². The van der Waals surface area contributed by atoms with Crippen LogP contribution in [0.25, 0.3) is 11.1 Å². The first-order chi connectivity index (χ1) is 9.45. The largest absolute Gasteiger partial charge is 0.440 e. The highest BCUT2D eigenvalue weighted by atomic mass is 16.3. The molecule has 108 valence electrons. The van der Waals surface area contributed by atoms with Crippen molar-refractivity contribution in [2.24, 2.45) is 0 Å². The van der Waals surface area contributed by atoms with Gasteiger partial charge >= 0.3 is 0 Å². The third kappa shape index (κ3) is 3.57. The lowest BCUT2D eigenvalue weighted by Crippen LogP contribution is -2.13. The summed E-state index contributed by atoms with van der Waals surface area (Å²) in [7, 11) is 0. The molecular weight excluding hydrogens is 256 g/mol. The fourth-order valence-electron chi connectivity index (χ4n) is 1.83. The highest BCUT2D eigenvalue weighted by molar-refractivity contribution is 5.92. The van der Waals surface area contributed by atoms with Crippen molar-refractivity contribution in [1.29, 1.82) is 0 Å². The Kier molecular flexibility index (Phi) is 4.39. The van der Waals surface area contributed by atoms with Crippen LogP contribution in [-0.4, -0.2) is 22.1 Å². The van der Waals surface area contributed by atoms with Crippen LogP contribution in [0.1, 0.15) is 45.4 Å². The number of rotatable bonds is 5. The Morgan fingerprint density at radius 1 is 1.40 bits per heavy atom. The molecule has 0 saturated heterocycles. The number of fused-ring (bicyclic) bond motifs is 1. The summed E-state index contributed by atoms with van der Waals surface area (Å²) in [4.78, 5) is 16.1. The number of aliphatic hydroxyl groups excluding tert-OH is 1. The van der Waals surface area contributed by atoms with E-state index in [0.29, 0.717) is 24.4 Å². The first-order valence-electron chi connectivity index (χ1n) is 6.84. The van der Waals surface area contributed by atoms with E-state index < -0.39 is 6.10 Å². The van der Waals surface area contributed by atoms with Crippen LogP contribution in [0.2, 0.25) is 0 Å². The van der Waals surface area contributed by atoms with Crippen molar-refractivity contribution < 1.29 is 14.3 Å². The first kappa shape index (κ1) is 14.5. The Hall–Kier alpha value is -1.88. The number of aliphatic hydroxyl groups is 1. The van der Waals surface area contributed by atoms with Gasteiger partial charge in [0.15, 0.2) is 11.5 Å². The predicted octanol–water partition coefficient (Wildman–Crippen LogP) is 3.05. The second-order valence-electron chi connectivity index (χ2n) is 5.33. The third-order valence-corrected chi connectivity index (χ3v) is 2.97. The molecule has 2 rings (SSSR count). The minimum absolute atomic E-state index is 0.113. The molecule has 1 aromatic carbocycles. The van der Waals surface area contributed by atoms with E-state index in [1.807, 2.05) is 13.8 Å². The van der Waals surface area contributed by atoms with Gasteiger partial charge in [-0.2, -0.15) is 0 Å². The summed E-state index contributed by atoms with van der Waals surface area (Å²) < 4.78 is 5.61. The van der Waals surface area contributed by atoms with Crippen molar-refractivity contribution in [3.63, 3.8) is 0 Å². The molecular formula is C15H20N2O3. The SMILES string of the molecule is CC(O)CCC(=O)Nc1ccc2oc(C(C)C)nc2c1. The number of benzene rings is 1. The zero-order valence-electron chi connectivity index (χ0n) is 12.0. The standard InChI is InChI=1S/C15H20N2O3/c1-9(2)15-17-12-8-11(5-6-13(12)20-15)16-14(19)7-4-10(3)18/h5-6,8-10,18H,4,7H2,1-3H3,(H,16,19). The maximum Gasteiger partial charge on any atom is 0.224 e. The third-order valence-electron chi connectivity index (χ3n) is 2.97. The van der Waals surface area contributed by atoms with Crippen molar-refractivity contribution in [3.05, 3.63) is 24.1 Å². The van der Waals surface area contributed by atoms with E-state index in [2.05, 4.69) is 10.3 Å². The molecule has 0 saturated carbocycles. The quantitative estimate of drug-likeness (QED) is 0.880. The summed E-state index contributed by atoms with van der Waals surface area (Å²) in [5.74, 6) is 0.807. The van der Waals surface area contributed by atoms with Gasteiger partial charge in [0.05, 0.1) is 6.10 Å². The molecule has 1 amide bonds. The highest BCUT2D eigenvalue weighted by Gasteiger charge is 2.11. The van der Waals surface area contributed by atoms with Gasteiger partial charge < -0.3 is 14.8 Å². The topological polar surface area (TPSA) is 75.4 Å². The van der Waals surface area contributed by atoms with E-state index in [0.717, 1.165) is 11.1 Å². The number of aromatic nitrogens is 1. The van der Waals surface area contributed by atoms with Crippen molar-refractivity contribution >= 4 is 22.7 Å². The van der Waals surface area contributed by atoms with Crippen molar-refractivity contribution in [2.45, 2.75) is 45.6 Å². The van der Waals surface area contributed by atoms with Crippen LogP contribution < -0.4 is 5.32 Å². The average Bonchev–Trinajstić information content (AvgIpc) is 2.79. The molecule has 2 N–H and O–H groups in total. The Balaban J connectivity index is 2.09. The summed E-state index contributed by atoms with van der Waals surface area (Å²) in [5, 5.41) is 12.0. The van der Waals surface area contributed by atoms with E-state index in [1.54, 1.807) is 25.1 Å². The summed E-state index contributed by atoms with van der Waals surface area (Å²) >= 11 is 0. The lowest BCUT2D eigenvalue weighted by atomic mass is 10.2. The molecule has 1 aromatic heterocycles. The second kappa shape index (κ2) is 6.05. The molecule has 0 spiro atoms. The van der Waals surface area contributed by atoms with E-state index in [4.69, 9.17) is 9.52 Å². The number of carbonyl (C=O) groups excluding carboxylic acids is 1. The summed E-state index contributed by atoms with van der Waals surface area (Å²) in [6.45, 7) is 5.70. The molecule has 5 nitrogen and oxygen atoms in total. The molecule has 0 aliphatic heterocycles. The van der Waals surface area contributed by atoms with Crippen LogP contribution in [0, 0.1) is 0 Å². The molecule has 20 heavy (non-hydrogen) atoms. The molecule has 0 bridgehead atoms. The number of anilines is 1. The van der Waals surface area contributed by atoms with Gasteiger partial charge in [0, 0.05) is 18.0 Å². The molecule has 1 heterocycles. The number of hydrogen-bond acceptors (Lipinski definition) is 4. The number of carbonyl (C=O) groups is 1. The van der Waals surface area contributed by atoms with Crippen LogP contribution in [0.5, 0.6) is 0 Å². The second-order valence-corrected chi connectivity index (χ2v) is 5.33. The highest BCUT2D eigenvalue weighted by Crippen LogP contribution is 2.23. The fourth-order valence-corrected chi connectivity index (χ4v) is 1.83. The van der Waals surface area contributed by atoms with E-state index in [-0.39, 0.29) is 11.8 Å². The van der Waals surface area contributed by atoms with Crippen LogP contribution in [0.3, 0.4) is 0 Å². The molecule has 0 aliphatic carbocycles. The van der Waals surface area contributed by atoms with Gasteiger partial charge in [-0.3, -0.25) is 4.79 Å². The van der Waals surface area contributed by atoms with Gasteiger partial charge in [0.1, 0.15) is 5.52 Å². The molecule has 0 fully saturated rings. The van der Waals surface area contributed by atoms with Crippen LogP contribution in [-0.2, 0) is 4.79 Å². The monoisotopic (exact) mass is 276 g/mol. The molecule has 5 heteroatoms. The van der Waals surface area contributed by atoms with Crippen molar-refractivity contribution in [1.82, 2.24) is 4.98 Å². The molecule has 1 unspecified atom stereocenters. The van der Waals surface area contributed by atoms with E-state index in [1.165, 1.54) is 0 Å². The van der Waals surface area contributed by atoms with Gasteiger partial charge in [-0.15, -0.1) is 0 Å². The minimum atomic E-state index is -0.465. The Bertz CT molecular complexity index is 602. The predicted molar refractivity (Wildman–Crippen MR) is 77.6 cm³/mol. The van der Waals surface area contributed by atoms with Crippen LogP contribution >= 0.6 is 0 Å². The van der Waals surface area contributed by atoms with Crippen LogP contribution in [0.15, 0.2) is 22.6 Å². The Labute approximate surface area is 118 Å². The fraction of sp³-hybridized carbons (Fsp3) is 0.467. The number of nitrogens with zero attached hydrogens (tertiary/aromatic N) is 1. The number of nitrogens with one attached hydrogen (secondary N) is 1. The average molecular weight is 276 g/mol. The zero-order valence-corrected chi connectivity index (χ0v) is 12.0. The van der Waals surface area contributed by atoms with Crippen molar-refractivity contribution in [2.75, 3.05) is 5.32 Å².